The molecule has 4 unspecified atom stereocenters. The molecule has 11 nitrogen and oxygen atoms in total. The molecule has 4 atom stereocenters. The summed E-state index contributed by atoms with van der Waals surface area (Å²) in [6, 6.07) is -4.61. The summed E-state index contributed by atoms with van der Waals surface area (Å²) in [6.45, 7) is 2.63. The Labute approximate surface area is 149 Å². The fraction of sp³-hybridized carbons (Fsp3) is 0.615. The van der Waals surface area contributed by atoms with Gasteiger partial charge in [-0.1, -0.05) is 0 Å². The second kappa shape index (κ2) is 10.5. The molecule has 0 aliphatic carbocycles. The van der Waals surface area contributed by atoms with Gasteiger partial charge in [-0.05, 0) is 13.8 Å². The molecule has 0 aliphatic heterocycles. The highest BCUT2D eigenvalue weighted by molar-refractivity contribution is 7.80. The Morgan fingerprint density at radius 2 is 1.44 bits per heavy atom. The van der Waals surface area contributed by atoms with E-state index in [1.807, 2.05) is 0 Å². The average molecular weight is 377 g/mol. The average Bonchev–Trinajstić information content (AvgIpc) is 2.50. The Hall–Kier alpha value is -2.34. The number of carboxylic acid groups (broad SMARTS) is 1. The maximum absolute atomic E-state index is 12.2. The van der Waals surface area contributed by atoms with Crippen LogP contribution in [0.3, 0.4) is 0 Å². The molecule has 0 saturated carbocycles. The predicted molar refractivity (Wildman–Crippen MR) is 90.4 cm³/mol. The summed E-state index contributed by atoms with van der Waals surface area (Å²) < 4.78 is 0. The number of amides is 4. The van der Waals surface area contributed by atoms with Crippen LogP contribution in [0.4, 0.5) is 0 Å². The molecule has 0 aromatic rings. The van der Waals surface area contributed by atoms with E-state index in [1.165, 1.54) is 13.8 Å². The van der Waals surface area contributed by atoms with E-state index < -0.39 is 60.2 Å². The fourth-order valence-electron chi connectivity index (χ4n) is 1.56. The Kier molecular flexibility index (Phi) is 9.53. The molecule has 0 aromatic heterocycles. The molecule has 12 heteroatoms. The first kappa shape index (κ1) is 22.7. The lowest BCUT2D eigenvalue weighted by Gasteiger charge is -2.22. The minimum atomic E-state index is -1.33. The largest absolute Gasteiger partial charge is 0.480 e. The number of nitrogens with two attached hydrogens (primary N) is 2. The van der Waals surface area contributed by atoms with Crippen molar-refractivity contribution in [2.45, 2.75) is 44.4 Å². The number of hydrogen-bond donors (Lipinski definition) is 7. The molecule has 0 rings (SSSR count). The first-order chi connectivity index (χ1) is 11.5. The van der Waals surface area contributed by atoms with Gasteiger partial charge in [-0.3, -0.25) is 24.0 Å². The first-order valence-electron chi connectivity index (χ1n) is 7.28. The van der Waals surface area contributed by atoms with Crippen LogP contribution < -0.4 is 27.4 Å². The van der Waals surface area contributed by atoms with E-state index in [-0.39, 0.29) is 5.75 Å². The molecule has 0 saturated heterocycles. The molecule has 0 radical (unpaired) electrons. The van der Waals surface area contributed by atoms with Crippen molar-refractivity contribution >= 4 is 42.2 Å². The summed E-state index contributed by atoms with van der Waals surface area (Å²) >= 11 is 3.92. The summed E-state index contributed by atoms with van der Waals surface area (Å²) in [5, 5.41) is 15.5. The van der Waals surface area contributed by atoms with E-state index >= 15 is 0 Å². The van der Waals surface area contributed by atoms with Gasteiger partial charge < -0.3 is 32.5 Å². The van der Waals surface area contributed by atoms with Gasteiger partial charge in [-0.15, -0.1) is 0 Å². The van der Waals surface area contributed by atoms with Gasteiger partial charge in [0.25, 0.3) is 0 Å². The van der Waals surface area contributed by atoms with E-state index in [4.69, 9.17) is 16.6 Å². The smallest absolute Gasteiger partial charge is 0.325 e. The minimum absolute atomic E-state index is 0.144. The van der Waals surface area contributed by atoms with Gasteiger partial charge in [0.1, 0.15) is 18.1 Å². The minimum Gasteiger partial charge on any atom is -0.480 e. The molecular weight excluding hydrogens is 354 g/mol. The summed E-state index contributed by atoms with van der Waals surface area (Å²) in [5.74, 6) is -4.58. The number of primary amides is 1. The number of hydrogen-bond acceptors (Lipinski definition) is 7. The fourth-order valence-corrected chi connectivity index (χ4v) is 1.81. The zero-order valence-electron chi connectivity index (χ0n) is 13.8. The second-order valence-electron chi connectivity index (χ2n) is 5.33. The van der Waals surface area contributed by atoms with Gasteiger partial charge in [0.15, 0.2) is 0 Å². The highest BCUT2D eigenvalue weighted by Crippen LogP contribution is 1.98. The Balaban J connectivity index is 5.03. The first-order valence-corrected chi connectivity index (χ1v) is 7.91. The van der Waals surface area contributed by atoms with Crippen LogP contribution in [0.15, 0.2) is 0 Å². The summed E-state index contributed by atoms with van der Waals surface area (Å²) in [4.78, 5) is 57.6. The highest BCUT2D eigenvalue weighted by Gasteiger charge is 2.29. The van der Waals surface area contributed by atoms with Crippen LogP contribution in [-0.4, -0.2) is 64.6 Å². The van der Waals surface area contributed by atoms with Gasteiger partial charge in [0.05, 0.1) is 12.5 Å². The van der Waals surface area contributed by atoms with Crippen LogP contribution in [0.25, 0.3) is 0 Å². The SMILES string of the molecule is CC(N)C(=O)NC(CC(N)=O)C(=O)NC(CS)C(=O)NC(C)C(=O)O. The standard InChI is InChI=1S/C13H23N5O6S/c1-5(14)10(20)17-7(3-9(15)19)11(21)18-8(4-25)12(22)16-6(2)13(23)24/h5-8,25H,3-4,14H2,1-2H3,(H2,15,19)(H,16,22)(H,17,20)(H,18,21)(H,23,24). The molecular formula is C13H23N5O6S. The third kappa shape index (κ3) is 8.35. The van der Waals surface area contributed by atoms with Crippen LogP contribution in [0.2, 0.25) is 0 Å². The number of aliphatic carboxylic acids is 1. The van der Waals surface area contributed by atoms with Gasteiger partial charge in [0, 0.05) is 5.75 Å². The van der Waals surface area contributed by atoms with Crippen molar-refractivity contribution in [3.63, 3.8) is 0 Å². The molecule has 4 amide bonds. The number of carbonyl (C=O) groups excluding carboxylic acids is 4. The van der Waals surface area contributed by atoms with Gasteiger partial charge in [-0.25, -0.2) is 0 Å². The van der Waals surface area contributed by atoms with E-state index in [1.54, 1.807) is 0 Å². The molecule has 0 heterocycles. The lowest BCUT2D eigenvalue weighted by molar-refractivity contribution is -0.141. The normalized spacial score (nSPS) is 15.2. The van der Waals surface area contributed by atoms with Gasteiger partial charge in [0.2, 0.25) is 23.6 Å². The van der Waals surface area contributed by atoms with E-state index in [2.05, 4.69) is 28.6 Å². The Bertz CT molecular complexity index is 541. The molecule has 0 aromatic carbocycles. The lowest BCUT2D eigenvalue weighted by Crippen LogP contribution is -2.57. The van der Waals surface area contributed by atoms with Crippen molar-refractivity contribution in [3.05, 3.63) is 0 Å². The van der Waals surface area contributed by atoms with Crippen LogP contribution in [-0.2, 0) is 24.0 Å². The number of thiol groups is 1. The number of rotatable bonds is 10. The van der Waals surface area contributed by atoms with Crippen molar-refractivity contribution in [1.29, 1.82) is 0 Å². The van der Waals surface area contributed by atoms with E-state index in [9.17, 15) is 24.0 Å². The van der Waals surface area contributed by atoms with E-state index in [0.29, 0.717) is 0 Å². The van der Waals surface area contributed by atoms with Crippen molar-refractivity contribution in [1.82, 2.24) is 16.0 Å². The van der Waals surface area contributed by atoms with Gasteiger partial charge in [-0.2, -0.15) is 12.6 Å². The van der Waals surface area contributed by atoms with Crippen LogP contribution in [0, 0.1) is 0 Å². The highest BCUT2D eigenvalue weighted by atomic mass is 32.1. The van der Waals surface area contributed by atoms with Crippen LogP contribution >= 0.6 is 12.6 Å². The topological polar surface area (TPSA) is 194 Å². The second-order valence-corrected chi connectivity index (χ2v) is 5.70. The molecule has 25 heavy (non-hydrogen) atoms. The van der Waals surface area contributed by atoms with Gasteiger partial charge >= 0.3 is 5.97 Å². The molecule has 142 valence electrons. The van der Waals surface area contributed by atoms with Crippen molar-refractivity contribution < 1.29 is 29.1 Å². The number of nitrogens with one attached hydrogen (secondary N) is 3. The third-order valence-corrected chi connectivity index (χ3v) is 3.36. The van der Waals surface area contributed by atoms with Crippen LogP contribution in [0.5, 0.6) is 0 Å². The number of carbonyl (C=O) groups is 5. The maximum atomic E-state index is 12.2. The Morgan fingerprint density at radius 3 is 1.84 bits per heavy atom. The van der Waals surface area contributed by atoms with E-state index in [0.717, 1.165) is 0 Å². The monoisotopic (exact) mass is 377 g/mol. The maximum Gasteiger partial charge on any atom is 0.325 e. The van der Waals surface area contributed by atoms with Crippen LogP contribution in [0.1, 0.15) is 20.3 Å². The predicted octanol–water partition coefficient (Wildman–Crippen LogP) is -3.30. The molecule has 0 spiro atoms. The zero-order chi connectivity index (χ0) is 19.7. The number of carboxylic acids is 1. The lowest BCUT2D eigenvalue weighted by atomic mass is 10.1. The van der Waals surface area contributed by atoms with Crippen molar-refractivity contribution in [3.8, 4) is 0 Å². The quantitative estimate of drug-likeness (QED) is 0.194. The molecule has 8 N–H and O–H groups in total. The Morgan fingerprint density at radius 1 is 0.960 bits per heavy atom. The summed E-state index contributed by atoms with van der Waals surface area (Å²) in [6.07, 6.45) is -0.503. The summed E-state index contributed by atoms with van der Waals surface area (Å²) in [5.41, 5.74) is 10.4. The molecule has 0 aliphatic rings. The molecule has 0 fully saturated rings. The summed E-state index contributed by atoms with van der Waals surface area (Å²) in [7, 11) is 0. The van der Waals surface area contributed by atoms with Crippen molar-refractivity contribution in [2.75, 3.05) is 5.75 Å². The molecule has 0 bridgehead atoms. The van der Waals surface area contributed by atoms with Crippen molar-refractivity contribution in [2.24, 2.45) is 11.5 Å². The zero-order valence-corrected chi connectivity index (χ0v) is 14.7. The third-order valence-electron chi connectivity index (χ3n) is 3.00.